The summed E-state index contributed by atoms with van der Waals surface area (Å²) in [6, 6.07) is 1.62. The Labute approximate surface area is 108 Å². The summed E-state index contributed by atoms with van der Waals surface area (Å²) >= 11 is 0. The molecule has 0 aromatic heterocycles. The van der Waals surface area contributed by atoms with Crippen LogP contribution in [0.4, 0.5) is 15.8 Å². The number of nitro benzene ring substituents is 1. The maximum atomic E-state index is 13.6. The van der Waals surface area contributed by atoms with Gasteiger partial charge in [-0.05, 0) is 18.4 Å². The highest BCUT2D eigenvalue weighted by Gasteiger charge is 2.24. The summed E-state index contributed by atoms with van der Waals surface area (Å²) in [5, 5.41) is 22.3. The van der Waals surface area contributed by atoms with E-state index in [9.17, 15) is 19.3 Å². The molecule has 0 unspecified atom stereocenters. The summed E-state index contributed by atoms with van der Waals surface area (Å²) in [4.78, 5) is 20.7. The van der Waals surface area contributed by atoms with Gasteiger partial charge < -0.3 is 10.4 Å². The van der Waals surface area contributed by atoms with Crippen LogP contribution < -0.4 is 5.32 Å². The van der Waals surface area contributed by atoms with Gasteiger partial charge in [0.2, 0.25) is 0 Å². The average molecular weight is 268 g/mol. The van der Waals surface area contributed by atoms with Gasteiger partial charge in [0.05, 0.1) is 16.7 Å². The van der Waals surface area contributed by atoms with Crippen LogP contribution in [-0.2, 0) is 0 Å². The van der Waals surface area contributed by atoms with E-state index >= 15 is 0 Å². The van der Waals surface area contributed by atoms with Crippen molar-refractivity contribution in [1.29, 1.82) is 0 Å². The van der Waals surface area contributed by atoms with Gasteiger partial charge in [-0.3, -0.25) is 10.1 Å². The number of nitro groups is 1. The van der Waals surface area contributed by atoms with Crippen LogP contribution in [0.2, 0.25) is 0 Å². The number of rotatable bonds is 6. The molecule has 7 heteroatoms. The van der Waals surface area contributed by atoms with Gasteiger partial charge in [0.25, 0.3) is 5.69 Å². The lowest BCUT2D eigenvalue weighted by molar-refractivity contribution is -0.385. The summed E-state index contributed by atoms with van der Waals surface area (Å²) < 4.78 is 13.6. The number of carboxylic acids is 1. The number of halogens is 1. The highest BCUT2D eigenvalue weighted by Crippen LogP contribution is 2.32. The highest BCUT2D eigenvalue weighted by molar-refractivity contribution is 5.93. The molecule has 1 aromatic rings. The number of benzene rings is 1. The Bertz CT molecular complexity index is 529. The van der Waals surface area contributed by atoms with Crippen molar-refractivity contribution in [3.8, 4) is 0 Å². The van der Waals surface area contributed by atoms with Crippen LogP contribution >= 0.6 is 0 Å². The maximum absolute atomic E-state index is 13.6. The molecule has 0 radical (unpaired) electrons. The van der Waals surface area contributed by atoms with Crippen molar-refractivity contribution in [2.24, 2.45) is 5.92 Å². The fraction of sp³-hybridized carbons (Fsp3) is 0.417. The zero-order valence-corrected chi connectivity index (χ0v) is 10.1. The minimum Gasteiger partial charge on any atom is -0.477 e. The molecule has 1 aromatic carbocycles. The number of nitrogens with zero attached hydrogens (tertiary/aromatic N) is 1. The van der Waals surface area contributed by atoms with Gasteiger partial charge in [-0.1, -0.05) is 12.8 Å². The van der Waals surface area contributed by atoms with E-state index in [0.717, 1.165) is 12.5 Å². The molecule has 6 nitrogen and oxygen atoms in total. The summed E-state index contributed by atoms with van der Waals surface area (Å²) in [6.45, 7) is 0.526. The van der Waals surface area contributed by atoms with E-state index in [0.29, 0.717) is 18.5 Å². The molecule has 0 saturated heterocycles. The molecule has 0 spiro atoms. The standard InChI is InChI=1S/C12H13FN2O4/c13-9-6-11(15(18)19)8(12(16)17)5-10(9)14-4-3-7-1-2-7/h5-7,14H,1-4H2,(H,16,17). The predicted octanol–water partition coefficient (Wildman–Crippen LogP) is 2.64. The first-order chi connectivity index (χ1) is 8.99. The number of hydrogen-bond donors (Lipinski definition) is 2. The molecule has 2 N–H and O–H groups in total. The molecule has 19 heavy (non-hydrogen) atoms. The van der Waals surface area contributed by atoms with Gasteiger partial charge in [-0.2, -0.15) is 0 Å². The highest BCUT2D eigenvalue weighted by atomic mass is 19.1. The molecule has 102 valence electrons. The molecule has 1 aliphatic rings. The Balaban J connectivity index is 2.20. The first kappa shape index (κ1) is 13.3. The zero-order chi connectivity index (χ0) is 14.0. The van der Waals surface area contributed by atoms with E-state index in [2.05, 4.69) is 5.32 Å². The summed E-state index contributed by atoms with van der Waals surface area (Å²) in [6.07, 6.45) is 3.23. The Morgan fingerprint density at radius 3 is 2.74 bits per heavy atom. The van der Waals surface area contributed by atoms with Gasteiger partial charge in [-0.25, -0.2) is 9.18 Å². The fourth-order valence-corrected chi connectivity index (χ4v) is 1.84. The van der Waals surface area contributed by atoms with Crippen molar-refractivity contribution in [3.63, 3.8) is 0 Å². The zero-order valence-electron chi connectivity index (χ0n) is 10.1. The average Bonchev–Trinajstić information content (AvgIpc) is 3.14. The van der Waals surface area contributed by atoms with Crippen LogP contribution in [0.5, 0.6) is 0 Å². The Morgan fingerprint density at radius 1 is 1.53 bits per heavy atom. The summed E-state index contributed by atoms with van der Waals surface area (Å²) in [5.41, 5.74) is -1.26. The number of carbonyl (C=O) groups is 1. The first-order valence-corrected chi connectivity index (χ1v) is 5.94. The lowest BCUT2D eigenvalue weighted by Crippen LogP contribution is -2.08. The van der Waals surface area contributed by atoms with Crippen LogP contribution in [0.25, 0.3) is 0 Å². The molecule has 0 amide bonds. The van der Waals surface area contributed by atoms with E-state index in [1.54, 1.807) is 0 Å². The Morgan fingerprint density at radius 2 is 2.21 bits per heavy atom. The van der Waals surface area contributed by atoms with Gasteiger partial charge >= 0.3 is 5.97 Å². The van der Waals surface area contributed by atoms with Gasteiger partial charge in [0.1, 0.15) is 5.56 Å². The smallest absolute Gasteiger partial charge is 0.342 e. The van der Waals surface area contributed by atoms with E-state index in [1.165, 1.54) is 12.8 Å². The molecule has 1 aliphatic carbocycles. The molecule has 0 atom stereocenters. The molecular formula is C12H13FN2O4. The second kappa shape index (κ2) is 5.21. The normalized spacial score (nSPS) is 14.2. The quantitative estimate of drug-likeness (QED) is 0.611. The van der Waals surface area contributed by atoms with Crippen molar-refractivity contribution < 1.29 is 19.2 Å². The Kier molecular flexibility index (Phi) is 3.64. The minimum atomic E-state index is -1.45. The number of nitrogens with one attached hydrogen (secondary N) is 1. The van der Waals surface area contributed by atoms with E-state index in [4.69, 9.17) is 5.11 Å². The van der Waals surface area contributed by atoms with Crippen molar-refractivity contribution in [2.75, 3.05) is 11.9 Å². The Hall–Kier alpha value is -2.18. The van der Waals surface area contributed by atoms with Crippen LogP contribution in [-0.4, -0.2) is 22.5 Å². The predicted molar refractivity (Wildman–Crippen MR) is 65.8 cm³/mol. The topological polar surface area (TPSA) is 92.5 Å². The second-order valence-electron chi connectivity index (χ2n) is 4.57. The van der Waals surface area contributed by atoms with Crippen LogP contribution in [0, 0.1) is 21.8 Å². The van der Waals surface area contributed by atoms with Gasteiger partial charge in [0.15, 0.2) is 5.82 Å². The molecule has 1 fully saturated rings. The van der Waals surface area contributed by atoms with E-state index in [1.807, 2.05) is 0 Å². The number of hydrogen-bond acceptors (Lipinski definition) is 4. The largest absolute Gasteiger partial charge is 0.477 e. The minimum absolute atomic E-state index is 0.0105. The maximum Gasteiger partial charge on any atom is 0.342 e. The van der Waals surface area contributed by atoms with Crippen molar-refractivity contribution >= 4 is 17.3 Å². The SMILES string of the molecule is O=C(O)c1cc(NCCC2CC2)c(F)cc1[N+](=O)[O-]. The van der Waals surface area contributed by atoms with Gasteiger partial charge in [-0.15, -0.1) is 0 Å². The number of carboxylic acid groups (broad SMARTS) is 1. The summed E-state index contributed by atoms with van der Waals surface area (Å²) in [5.74, 6) is -1.60. The summed E-state index contributed by atoms with van der Waals surface area (Å²) in [7, 11) is 0. The molecule has 0 heterocycles. The van der Waals surface area contributed by atoms with Crippen molar-refractivity contribution in [1.82, 2.24) is 0 Å². The fourth-order valence-electron chi connectivity index (χ4n) is 1.84. The third-order valence-electron chi connectivity index (χ3n) is 3.08. The molecular weight excluding hydrogens is 255 g/mol. The molecule has 0 aliphatic heterocycles. The van der Waals surface area contributed by atoms with Crippen LogP contribution in [0.15, 0.2) is 12.1 Å². The third kappa shape index (κ3) is 3.18. The van der Waals surface area contributed by atoms with Crippen molar-refractivity contribution in [3.05, 3.63) is 33.6 Å². The van der Waals surface area contributed by atoms with E-state index in [-0.39, 0.29) is 5.69 Å². The van der Waals surface area contributed by atoms with Gasteiger partial charge in [0, 0.05) is 6.54 Å². The van der Waals surface area contributed by atoms with Crippen LogP contribution in [0.3, 0.4) is 0 Å². The molecule has 2 rings (SSSR count). The lowest BCUT2D eigenvalue weighted by Gasteiger charge is -2.08. The van der Waals surface area contributed by atoms with Crippen molar-refractivity contribution in [2.45, 2.75) is 19.3 Å². The molecule has 1 saturated carbocycles. The number of anilines is 1. The number of aromatic carboxylic acids is 1. The first-order valence-electron chi connectivity index (χ1n) is 5.94. The third-order valence-corrected chi connectivity index (χ3v) is 3.08. The van der Waals surface area contributed by atoms with Crippen LogP contribution in [0.1, 0.15) is 29.6 Å². The molecule has 0 bridgehead atoms. The van der Waals surface area contributed by atoms with E-state index < -0.39 is 28.0 Å². The monoisotopic (exact) mass is 268 g/mol. The second-order valence-corrected chi connectivity index (χ2v) is 4.57. The lowest BCUT2D eigenvalue weighted by atomic mass is 10.1.